The van der Waals surface area contributed by atoms with E-state index in [2.05, 4.69) is 10.1 Å². The van der Waals surface area contributed by atoms with Crippen molar-refractivity contribution in [3.8, 4) is 9.88 Å². The van der Waals surface area contributed by atoms with Crippen LogP contribution in [0.1, 0.15) is 34.1 Å². The molecule has 118 valence electrons. The van der Waals surface area contributed by atoms with Crippen LogP contribution in [0, 0.1) is 0 Å². The minimum atomic E-state index is 0.0802. The van der Waals surface area contributed by atoms with Crippen LogP contribution in [0.3, 0.4) is 0 Å². The molecule has 0 spiro atoms. The number of thiophene rings is 1. The van der Waals surface area contributed by atoms with E-state index in [1.165, 1.54) is 11.3 Å². The Balaban J connectivity index is 1.58. The van der Waals surface area contributed by atoms with Crippen LogP contribution in [0.5, 0.6) is 0 Å². The van der Waals surface area contributed by atoms with Crippen LogP contribution in [-0.4, -0.2) is 32.1 Å². The molecule has 0 saturated carbocycles. The topological polar surface area (TPSA) is 51.0 Å². The summed E-state index contributed by atoms with van der Waals surface area (Å²) >= 11 is 3.12. The number of thiazole rings is 1. The molecule has 0 unspecified atom stereocenters. The number of carbonyl (C=O) groups excluding carboxylic acids is 1. The lowest BCUT2D eigenvalue weighted by atomic mass is 10.1. The average molecular weight is 344 g/mol. The fraction of sp³-hybridized carbons (Fsp3) is 0.312. The summed E-state index contributed by atoms with van der Waals surface area (Å²) in [6.07, 6.45) is 7.59. The summed E-state index contributed by atoms with van der Waals surface area (Å²) in [5.74, 6) is 0.0802. The van der Waals surface area contributed by atoms with E-state index in [4.69, 9.17) is 0 Å². The van der Waals surface area contributed by atoms with Gasteiger partial charge in [0.2, 0.25) is 0 Å². The van der Waals surface area contributed by atoms with Gasteiger partial charge in [-0.15, -0.1) is 22.7 Å². The normalized spacial score (nSPS) is 17.8. The molecule has 1 aliphatic heterocycles. The first kappa shape index (κ1) is 14.6. The summed E-state index contributed by atoms with van der Waals surface area (Å²) in [6, 6.07) is 4.16. The molecular formula is C16H16N4OS2. The molecule has 3 aromatic heterocycles. The van der Waals surface area contributed by atoms with Gasteiger partial charge in [-0.1, -0.05) is 6.07 Å². The Hall–Kier alpha value is -1.99. The molecule has 3 aromatic rings. The van der Waals surface area contributed by atoms with Crippen LogP contribution in [0.25, 0.3) is 9.88 Å². The van der Waals surface area contributed by atoms with Crippen molar-refractivity contribution in [1.29, 1.82) is 0 Å². The number of hydrogen-bond acceptors (Lipinski definition) is 5. The zero-order valence-corrected chi connectivity index (χ0v) is 14.3. The zero-order chi connectivity index (χ0) is 15.8. The van der Waals surface area contributed by atoms with Crippen LogP contribution in [0.15, 0.2) is 36.1 Å². The van der Waals surface area contributed by atoms with Gasteiger partial charge >= 0.3 is 0 Å². The van der Waals surface area contributed by atoms with Gasteiger partial charge in [-0.25, -0.2) is 4.98 Å². The Morgan fingerprint density at radius 1 is 1.39 bits per heavy atom. The molecule has 1 aliphatic rings. The Kier molecular flexibility index (Phi) is 3.74. The summed E-state index contributed by atoms with van der Waals surface area (Å²) in [5.41, 5.74) is 1.11. The van der Waals surface area contributed by atoms with E-state index in [-0.39, 0.29) is 11.9 Å². The summed E-state index contributed by atoms with van der Waals surface area (Å²) in [4.78, 5) is 21.1. The molecule has 0 radical (unpaired) electrons. The number of hydrogen-bond donors (Lipinski definition) is 0. The highest BCUT2D eigenvalue weighted by Gasteiger charge is 2.32. The molecule has 0 aromatic carbocycles. The van der Waals surface area contributed by atoms with Crippen LogP contribution >= 0.6 is 22.7 Å². The highest BCUT2D eigenvalue weighted by Crippen LogP contribution is 2.35. The third-order valence-corrected chi connectivity index (χ3v) is 6.10. The molecule has 4 heterocycles. The Bertz CT molecular complexity index is 821. The number of nitrogens with zero attached hydrogens (tertiary/aromatic N) is 4. The van der Waals surface area contributed by atoms with Crippen molar-refractivity contribution >= 4 is 28.6 Å². The maximum Gasteiger partial charge on any atom is 0.266 e. The highest BCUT2D eigenvalue weighted by atomic mass is 32.1. The summed E-state index contributed by atoms with van der Waals surface area (Å²) < 4.78 is 1.79. The van der Waals surface area contributed by atoms with Crippen LogP contribution in [0.2, 0.25) is 0 Å². The van der Waals surface area contributed by atoms with E-state index < -0.39 is 0 Å². The molecule has 4 rings (SSSR count). The Morgan fingerprint density at radius 2 is 2.30 bits per heavy atom. The number of carbonyl (C=O) groups is 1. The average Bonchev–Trinajstić information content (AvgIpc) is 3.31. The number of likely N-dealkylation sites (tertiary alicyclic amines) is 1. The molecule has 1 amide bonds. The third kappa shape index (κ3) is 2.70. The first-order valence-electron chi connectivity index (χ1n) is 7.51. The maximum absolute atomic E-state index is 12.9. The predicted molar refractivity (Wildman–Crippen MR) is 91.6 cm³/mol. The summed E-state index contributed by atoms with van der Waals surface area (Å²) in [5, 5.41) is 7.18. The van der Waals surface area contributed by atoms with Crippen molar-refractivity contribution in [1.82, 2.24) is 19.7 Å². The number of aryl methyl sites for hydroxylation is 1. The fourth-order valence-electron chi connectivity index (χ4n) is 3.00. The molecule has 1 fully saturated rings. The number of aromatic nitrogens is 3. The smallest absolute Gasteiger partial charge is 0.266 e. The van der Waals surface area contributed by atoms with Crippen LogP contribution in [-0.2, 0) is 7.05 Å². The second-order valence-electron chi connectivity index (χ2n) is 5.61. The second kappa shape index (κ2) is 5.90. The van der Waals surface area contributed by atoms with Gasteiger partial charge in [0.25, 0.3) is 5.91 Å². The third-order valence-electron chi connectivity index (χ3n) is 4.07. The predicted octanol–water partition coefficient (Wildman–Crippen LogP) is 3.58. The van der Waals surface area contributed by atoms with Gasteiger partial charge in [0.1, 0.15) is 9.88 Å². The first-order chi connectivity index (χ1) is 11.2. The summed E-state index contributed by atoms with van der Waals surface area (Å²) in [7, 11) is 1.90. The molecule has 7 heteroatoms. The maximum atomic E-state index is 12.9. The molecule has 5 nitrogen and oxygen atoms in total. The molecule has 0 aliphatic carbocycles. The van der Waals surface area contributed by atoms with Gasteiger partial charge in [-0.3, -0.25) is 9.48 Å². The molecule has 1 atom stereocenters. The summed E-state index contributed by atoms with van der Waals surface area (Å²) in [6.45, 7) is 0.796. The Labute approximate surface area is 142 Å². The fourth-order valence-corrected chi connectivity index (χ4v) is 4.67. The van der Waals surface area contributed by atoms with Crippen LogP contribution < -0.4 is 0 Å². The first-order valence-corrected chi connectivity index (χ1v) is 9.21. The van der Waals surface area contributed by atoms with Gasteiger partial charge in [0.15, 0.2) is 0 Å². The largest absolute Gasteiger partial charge is 0.331 e. The second-order valence-corrected chi connectivity index (χ2v) is 7.59. The highest BCUT2D eigenvalue weighted by molar-refractivity contribution is 7.21. The van der Waals surface area contributed by atoms with Crippen molar-refractivity contribution in [2.45, 2.75) is 18.9 Å². The van der Waals surface area contributed by atoms with Crippen molar-refractivity contribution in [3.05, 3.63) is 46.5 Å². The molecule has 1 saturated heterocycles. The van der Waals surface area contributed by atoms with Gasteiger partial charge in [0, 0.05) is 25.4 Å². The van der Waals surface area contributed by atoms with E-state index >= 15 is 0 Å². The van der Waals surface area contributed by atoms with E-state index in [9.17, 15) is 4.79 Å². The van der Waals surface area contributed by atoms with Crippen molar-refractivity contribution in [2.24, 2.45) is 7.05 Å². The monoisotopic (exact) mass is 344 g/mol. The minimum Gasteiger partial charge on any atom is -0.331 e. The zero-order valence-electron chi connectivity index (χ0n) is 12.7. The SMILES string of the molecule is Cn1cc([C@H]2CCCN2C(=O)c2cnc(-c3cccs3)s2)cn1. The van der Waals surface area contributed by atoms with Crippen molar-refractivity contribution < 1.29 is 4.79 Å². The molecule has 0 N–H and O–H groups in total. The van der Waals surface area contributed by atoms with Gasteiger partial charge < -0.3 is 4.90 Å². The molecule has 0 bridgehead atoms. The minimum absolute atomic E-state index is 0.0802. The standard InChI is InChI=1S/C16H16N4OS2/c1-19-10-11(8-18-19)12-4-2-6-20(12)16(21)14-9-17-15(23-14)13-5-3-7-22-13/h3,5,7-10,12H,2,4,6H2,1H3/t12-/m1/s1. The van der Waals surface area contributed by atoms with Crippen LogP contribution in [0.4, 0.5) is 0 Å². The van der Waals surface area contributed by atoms with Gasteiger partial charge in [0.05, 0.1) is 23.3 Å². The number of rotatable bonds is 3. The van der Waals surface area contributed by atoms with E-state index in [1.807, 2.05) is 41.9 Å². The number of amides is 1. The Morgan fingerprint density at radius 3 is 3.04 bits per heavy atom. The lowest BCUT2D eigenvalue weighted by Gasteiger charge is -2.23. The van der Waals surface area contributed by atoms with Gasteiger partial charge in [-0.05, 0) is 24.3 Å². The molecular weight excluding hydrogens is 328 g/mol. The van der Waals surface area contributed by atoms with E-state index in [1.54, 1.807) is 22.2 Å². The lowest BCUT2D eigenvalue weighted by molar-refractivity contribution is 0.0740. The van der Waals surface area contributed by atoms with Gasteiger partial charge in [-0.2, -0.15) is 5.10 Å². The molecule has 23 heavy (non-hydrogen) atoms. The van der Waals surface area contributed by atoms with Crippen molar-refractivity contribution in [3.63, 3.8) is 0 Å². The lowest BCUT2D eigenvalue weighted by Crippen LogP contribution is -2.29. The quantitative estimate of drug-likeness (QED) is 0.730. The van der Waals surface area contributed by atoms with E-state index in [0.717, 1.165) is 34.8 Å². The van der Waals surface area contributed by atoms with E-state index in [0.29, 0.717) is 4.88 Å². The van der Waals surface area contributed by atoms with Crippen molar-refractivity contribution in [2.75, 3.05) is 6.54 Å².